The van der Waals surface area contributed by atoms with Crippen LogP contribution in [0.5, 0.6) is 0 Å². The Balaban J connectivity index is 0.00000133. The molecule has 96 valence electrons. The first-order chi connectivity index (χ1) is 8.93. The van der Waals surface area contributed by atoms with Crippen LogP contribution in [0.4, 0.5) is 5.82 Å². The van der Waals surface area contributed by atoms with E-state index in [1.54, 1.807) is 6.20 Å². The van der Waals surface area contributed by atoms with Crippen molar-refractivity contribution in [2.75, 3.05) is 5.32 Å². The van der Waals surface area contributed by atoms with Crippen molar-refractivity contribution >= 4 is 16.6 Å². The predicted octanol–water partition coefficient (Wildman–Crippen LogP) is 0.851. The van der Waals surface area contributed by atoms with Gasteiger partial charge in [0.05, 0.1) is 0 Å². The van der Waals surface area contributed by atoms with Gasteiger partial charge in [-0.3, -0.25) is 0 Å². The molecule has 0 unspecified atom stereocenters. The molecule has 0 aliphatic carbocycles. The summed E-state index contributed by atoms with van der Waals surface area (Å²) in [6.07, 6.45) is 1.80. The van der Waals surface area contributed by atoms with E-state index in [0.717, 1.165) is 12.4 Å². The first-order valence-corrected chi connectivity index (χ1v) is 6.05. The standard InChI is InChI=1S/C16H14N2.ClH/c1-2-9-15-13(6-1)7-5-8-14(15)12-18-16-10-3-4-11-17-16;/h1-11H,12H2,(H,17,18);1H/p-1. The van der Waals surface area contributed by atoms with E-state index in [1.807, 2.05) is 18.2 Å². The van der Waals surface area contributed by atoms with E-state index in [9.17, 15) is 0 Å². The highest BCUT2D eigenvalue weighted by atomic mass is 35.5. The second-order valence-electron chi connectivity index (χ2n) is 4.21. The summed E-state index contributed by atoms with van der Waals surface area (Å²) in [5.41, 5.74) is 1.29. The van der Waals surface area contributed by atoms with Gasteiger partial charge >= 0.3 is 0 Å². The normalized spacial score (nSPS) is 9.89. The van der Waals surface area contributed by atoms with E-state index < -0.39 is 0 Å². The van der Waals surface area contributed by atoms with Crippen LogP contribution in [0.15, 0.2) is 66.9 Å². The maximum atomic E-state index is 4.26. The Morgan fingerprint density at radius 3 is 2.47 bits per heavy atom. The van der Waals surface area contributed by atoms with Crippen LogP contribution in [-0.4, -0.2) is 4.98 Å². The first-order valence-electron chi connectivity index (χ1n) is 6.05. The number of halogens is 1. The van der Waals surface area contributed by atoms with Gasteiger partial charge in [0.1, 0.15) is 5.82 Å². The molecule has 0 radical (unpaired) electrons. The summed E-state index contributed by atoms with van der Waals surface area (Å²) < 4.78 is 0. The average molecular weight is 270 g/mol. The predicted molar refractivity (Wildman–Crippen MR) is 75.5 cm³/mol. The molecule has 0 aliphatic rings. The fourth-order valence-electron chi connectivity index (χ4n) is 2.10. The SMILES string of the molecule is [Cl-].c1ccc(NCc2cccc3ccccc23)nc1. The molecular formula is C16H14ClN2-. The summed E-state index contributed by atoms with van der Waals surface area (Å²) in [7, 11) is 0. The quantitative estimate of drug-likeness (QED) is 0.763. The number of hydrogen-bond donors (Lipinski definition) is 1. The van der Waals surface area contributed by atoms with E-state index in [0.29, 0.717) is 0 Å². The van der Waals surface area contributed by atoms with Gasteiger partial charge in [-0.05, 0) is 28.5 Å². The number of nitrogens with one attached hydrogen (secondary N) is 1. The lowest BCUT2D eigenvalue weighted by atomic mass is 10.0. The highest BCUT2D eigenvalue weighted by molar-refractivity contribution is 5.85. The van der Waals surface area contributed by atoms with Gasteiger partial charge < -0.3 is 17.7 Å². The molecule has 0 fully saturated rings. The van der Waals surface area contributed by atoms with Crippen molar-refractivity contribution in [1.29, 1.82) is 0 Å². The first kappa shape index (κ1) is 13.4. The molecule has 0 saturated carbocycles. The third kappa shape index (κ3) is 3.04. The van der Waals surface area contributed by atoms with E-state index in [4.69, 9.17) is 0 Å². The minimum atomic E-state index is 0. The molecule has 3 rings (SSSR count). The molecule has 0 amide bonds. The van der Waals surface area contributed by atoms with Crippen LogP contribution in [0.3, 0.4) is 0 Å². The number of anilines is 1. The van der Waals surface area contributed by atoms with E-state index in [2.05, 4.69) is 52.8 Å². The summed E-state index contributed by atoms with van der Waals surface area (Å²) in [6.45, 7) is 0.790. The van der Waals surface area contributed by atoms with Crippen LogP contribution < -0.4 is 17.7 Å². The summed E-state index contributed by atoms with van der Waals surface area (Å²) in [5, 5.41) is 5.91. The Labute approximate surface area is 118 Å². The minimum absolute atomic E-state index is 0. The Morgan fingerprint density at radius 1 is 0.842 bits per heavy atom. The minimum Gasteiger partial charge on any atom is -1.00 e. The van der Waals surface area contributed by atoms with Crippen molar-refractivity contribution < 1.29 is 12.4 Å². The fourth-order valence-corrected chi connectivity index (χ4v) is 2.10. The molecule has 3 aromatic rings. The lowest BCUT2D eigenvalue weighted by Gasteiger charge is -2.08. The number of hydrogen-bond acceptors (Lipinski definition) is 2. The Kier molecular flexibility index (Phi) is 4.37. The molecule has 0 saturated heterocycles. The maximum absolute atomic E-state index is 4.26. The van der Waals surface area contributed by atoms with Crippen LogP contribution in [0.2, 0.25) is 0 Å². The van der Waals surface area contributed by atoms with Gasteiger partial charge in [-0.15, -0.1) is 0 Å². The zero-order valence-electron chi connectivity index (χ0n) is 10.4. The summed E-state index contributed by atoms with van der Waals surface area (Å²) in [6, 6.07) is 20.7. The largest absolute Gasteiger partial charge is 1.00 e. The third-order valence-corrected chi connectivity index (χ3v) is 3.00. The number of rotatable bonds is 3. The Hall–Kier alpha value is -2.06. The van der Waals surface area contributed by atoms with Gasteiger partial charge in [0.25, 0.3) is 0 Å². The van der Waals surface area contributed by atoms with Gasteiger partial charge in [-0.25, -0.2) is 4.98 Å². The van der Waals surface area contributed by atoms with Gasteiger partial charge in [-0.2, -0.15) is 0 Å². The van der Waals surface area contributed by atoms with Crippen molar-refractivity contribution in [2.45, 2.75) is 6.54 Å². The molecule has 0 atom stereocenters. The number of fused-ring (bicyclic) bond motifs is 1. The molecule has 1 N–H and O–H groups in total. The van der Waals surface area contributed by atoms with Crippen molar-refractivity contribution in [3.63, 3.8) is 0 Å². The lowest BCUT2D eigenvalue weighted by molar-refractivity contribution is -0.00000356. The van der Waals surface area contributed by atoms with E-state index in [-0.39, 0.29) is 12.4 Å². The zero-order valence-corrected chi connectivity index (χ0v) is 11.1. The summed E-state index contributed by atoms with van der Waals surface area (Å²) >= 11 is 0. The molecule has 3 heteroatoms. The molecule has 0 bridgehead atoms. The van der Waals surface area contributed by atoms with Crippen molar-refractivity contribution in [3.05, 3.63) is 72.4 Å². The summed E-state index contributed by atoms with van der Waals surface area (Å²) in [5.74, 6) is 0.908. The Morgan fingerprint density at radius 2 is 1.63 bits per heavy atom. The van der Waals surface area contributed by atoms with Crippen LogP contribution in [0, 0.1) is 0 Å². The van der Waals surface area contributed by atoms with Gasteiger partial charge in [-0.1, -0.05) is 48.5 Å². The molecular weight excluding hydrogens is 256 g/mol. The zero-order chi connectivity index (χ0) is 12.2. The third-order valence-electron chi connectivity index (χ3n) is 3.00. The van der Waals surface area contributed by atoms with Crippen molar-refractivity contribution in [1.82, 2.24) is 4.98 Å². The monoisotopic (exact) mass is 269 g/mol. The number of benzene rings is 2. The smallest absolute Gasteiger partial charge is 0.126 e. The van der Waals surface area contributed by atoms with Gasteiger partial charge in [0.15, 0.2) is 0 Å². The number of nitrogens with zero attached hydrogens (tertiary/aromatic N) is 1. The highest BCUT2D eigenvalue weighted by Crippen LogP contribution is 2.19. The van der Waals surface area contributed by atoms with E-state index in [1.165, 1.54) is 16.3 Å². The van der Waals surface area contributed by atoms with Crippen molar-refractivity contribution in [3.8, 4) is 0 Å². The number of pyridine rings is 1. The van der Waals surface area contributed by atoms with Crippen molar-refractivity contribution in [2.24, 2.45) is 0 Å². The lowest BCUT2D eigenvalue weighted by Crippen LogP contribution is -3.00. The van der Waals surface area contributed by atoms with Crippen LogP contribution in [0.1, 0.15) is 5.56 Å². The summed E-state index contributed by atoms with van der Waals surface area (Å²) in [4.78, 5) is 4.26. The topological polar surface area (TPSA) is 24.9 Å². The number of aromatic nitrogens is 1. The Bertz CT molecular complexity index is 648. The molecule has 1 aromatic heterocycles. The maximum Gasteiger partial charge on any atom is 0.126 e. The molecule has 0 aliphatic heterocycles. The van der Waals surface area contributed by atoms with Gasteiger partial charge in [0.2, 0.25) is 0 Å². The molecule has 0 spiro atoms. The van der Waals surface area contributed by atoms with Gasteiger partial charge in [0, 0.05) is 12.7 Å². The van der Waals surface area contributed by atoms with Crippen LogP contribution in [-0.2, 0) is 6.54 Å². The second kappa shape index (κ2) is 6.21. The second-order valence-corrected chi connectivity index (χ2v) is 4.21. The van der Waals surface area contributed by atoms with Crippen LogP contribution in [0.25, 0.3) is 10.8 Å². The highest BCUT2D eigenvalue weighted by Gasteiger charge is 2.00. The van der Waals surface area contributed by atoms with E-state index >= 15 is 0 Å². The average Bonchev–Trinajstić information content (AvgIpc) is 2.46. The molecule has 2 aromatic carbocycles. The fraction of sp³-hybridized carbons (Fsp3) is 0.0625. The molecule has 1 heterocycles. The molecule has 19 heavy (non-hydrogen) atoms. The van der Waals surface area contributed by atoms with Crippen LogP contribution >= 0.6 is 0 Å². The molecule has 2 nitrogen and oxygen atoms in total.